The van der Waals surface area contributed by atoms with E-state index in [2.05, 4.69) is 36.6 Å². The van der Waals surface area contributed by atoms with E-state index < -0.39 is 10.0 Å². The van der Waals surface area contributed by atoms with Gasteiger partial charge in [-0.1, -0.05) is 27.5 Å². The minimum absolute atomic E-state index is 0.00955. The fourth-order valence-electron chi connectivity index (χ4n) is 1.49. The fraction of sp³-hybridized carbons (Fsp3) is 0. The molecular weight excluding hydrogens is 431 g/mol. The van der Waals surface area contributed by atoms with E-state index in [0.717, 1.165) is 0 Å². The van der Waals surface area contributed by atoms with Gasteiger partial charge in [0.25, 0.3) is 10.0 Å². The van der Waals surface area contributed by atoms with Gasteiger partial charge in [-0.2, -0.15) is 0 Å². The molecule has 0 fully saturated rings. The Morgan fingerprint density at radius 3 is 2.40 bits per heavy atom. The summed E-state index contributed by atoms with van der Waals surface area (Å²) in [5.41, 5.74) is 6.57. The van der Waals surface area contributed by atoms with Gasteiger partial charge >= 0.3 is 0 Å². The number of nitrogens with one attached hydrogen (secondary N) is 1. The van der Waals surface area contributed by atoms with E-state index in [-0.39, 0.29) is 9.92 Å². The highest BCUT2D eigenvalue weighted by Crippen LogP contribution is 2.28. The van der Waals surface area contributed by atoms with Gasteiger partial charge < -0.3 is 5.73 Å². The van der Waals surface area contributed by atoms with E-state index in [4.69, 9.17) is 17.3 Å². The summed E-state index contributed by atoms with van der Waals surface area (Å²) in [7, 11) is -3.75. The van der Waals surface area contributed by atoms with Crippen molar-refractivity contribution in [2.75, 3.05) is 10.5 Å². The molecule has 2 aromatic rings. The number of anilines is 2. The summed E-state index contributed by atoms with van der Waals surface area (Å²) in [5.74, 6) is 0. The number of halogens is 3. The molecule has 0 spiro atoms. The van der Waals surface area contributed by atoms with Crippen LogP contribution in [0.25, 0.3) is 0 Å². The predicted octanol–water partition coefficient (Wildman–Crippen LogP) is 4.25. The van der Waals surface area contributed by atoms with Crippen LogP contribution in [0.3, 0.4) is 0 Å². The summed E-state index contributed by atoms with van der Waals surface area (Å²) in [6.45, 7) is 0. The molecule has 0 aliphatic carbocycles. The number of nitrogen functional groups attached to an aromatic ring is 1. The van der Waals surface area contributed by atoms with Crippen LogP contribution in [0, 0.1) is 0 Å². The zero-order chi connectivity index (χ0) is 14.9. The summed E-state index contributed by atoms with van der Waals surface area (Å²) in [6, 6.07) is 9.32. The van der Waals surface area contributed by atoms with Crippen LogP contribution in [-0.4, -0.2) is 8.42 Å². The van der Waals surface area contributed by atoms with Crippen LogP contribution >= 0.6 is 43.5 Å². The highest BCUT2D eigenvalue weighted by atomic mass is 79.9. The van der Waals surface area contributed by atoms with Crippen LogP contribution < -0.4 is 10.5 Å². The lowest BCUT2D eigenvalue weighted by molar-refractivity contribution is 0.601. The van der Waals surface area contributed by atoms with E-state index >= 15 is 0 Å². The molecule has 2 aromatic carbocycles. The number of rotatable bonds is 3. The Hall–Kier alpha value is -0.760. The number of hydrogen-bond acceptors (Lipinski definition) is 3. The van der Waals surface area contributed by atoms with E-state index in [1.54, 1.807) is 24.3 Å². The molecule has 0 aliphatic heterocycles. The second kappa shape index (κ2) is 5.93. The zero-order valence-corrected chi connectivity index (χ0v) is 14.6. The molecule has 3 N–H and O–H groups in total. The largest absolute Gasteiger partial charge is 0.398 e. The second-order valence-electron chi connectivity index (χ2n) is 3.92. The first kappa shape index (κ1) is 15.6. The van der Waals surface area contributed by atoms with Crippen molar-refractivity contribution in [3.63, 3.8) is 0 Å². The van der Waals surface area contributed by atoms with E-state index in [1.165, 1.54) is 12.1 Å². The second-order valence-corrected chi connectivity index (χ2v) is 7.74. The van der Waals surface area contributed by atoms with Crippen LogP contribution in [0.2, 0.25) is 5.02 Å². The van der Waals surface area contributed by atoms with Crippen molar-refractivity contribution in [2.45, 2.75) is 4.90 Å². The molecule has 106 valence electrons. The van der Waals surface area contributed by atoms with Crippen LogP contribution in [0.1, 0.15) is 0 Å². The van der Waals surface area contributed by atoms with Gasteiger partial charge in [0.2, 0.25) is 0 Å². The van der Waals surface area contributed by atoms with Crippen molar-refractivity contribution in [1.82, 2.24) is 0 Å². The van der Waals surface area contributed by atoms with Gasteiger partial charge in [-0.05, 0) is 52.3 Å². The molecule has 8 heteroatoms. The minimum atomic E-state index is -3.75. The Labute approximate surface area is 138 Å². The summed E-state index contributed by atoms with van der Waals surface area (Å²) in [4.78, 5) is 0.00955. The molecule has 0 heterocycles. The smallest absolute Gasteiger partial charge is 0.263 e. The molecule has 0 amide bonds. The fourth-order valence-corrected chi connectivity index (χ4v) is 3.96. The van der Waals surface area contributed by atoms with Crippen LogP contribution in [-0.2, 0) is 10.0 Å². The molecule has 0 unspecified atom stereocenters. The average Bonchev–Trinajstić information content (AvgIpc) is 2.33. The van der Waals surface area contributed by atoms with E-state index in [9.17, 15) is 8.42 Å². The van der Waals surface area contributed by atoms with Crippen molar-refractivity contribution < 1.29 is 8.42 Å². The number of benzene rings is 2. The summed E-state index contributed by atoms with van der Waals surface area (Å²) in [5, 5.41) is 0.140. The monoisotopic (exact) mass is 438 g/mol. The topological polar surface area (TPSA) is 72.2 Å². The highest BCUT2D eigenvalue weighted by Gasteiger charge is 2.18. The van der Waals surface area contributed by atoms with Crippen molar-refractivity contribution in [3.8, 4) is 0 Å². The summed E-state index contributed by atoms with van der Waals surface area (Å²) in [6.07, 6.45) is 0. The Morgan fingerprint density at radius 2 is 1.80 bits per heavy atom. The molecule has 20 heavy (non-hydrogen) atoms. The first-order chi connectivity index (χ1) is 9.29. The Bertz CT molecular complexity index is 766. The third kappa shape index (κ3) is 3.46. The van der Waals surface area contributed by atoms with Gasteiger partial charge in [0, 0.05) is 14.6 Å². The quantitative estimate of drug-likeness (QED) is 0.701. The van der Waals surface area contributed by atoms with Gasteiger partial charge in [-0.15, -0.1) is 0 Å². The lowest BCUT2D eigenvalue weighted by Gasteiger charge is -2.10. The standard InChI is InChI=1S/C12H9Br2ClN2O2S/c13-7-1-4-12(10(15)5-7)20(18,19)17-8-2-3-11(16)9(14)6-8/h1-6,17H,16H2. The maximum atomic E-state index is 12.3. The lowest BCUT2D eigenvalue weighted by atomic mass is 10.3. The number of nitrogens with two attached hydrogens (primary N) is 1. The third-order valence-electron chi connectivity index (χ3n) is 2.44. The molecule has 0 bridgehead atoms. The Balaban J connectivity index is 2.38. The normalized spacial score (nSPS) is 11.3. The van der Waals surface area contributed by atoms with Gasteiger partial charge in [0.1, 0.15) is 4.90 Å². The van der Waals surface area contributed by atoms with E-state index in [0.29, 0.717) is 20.3 Å². The van der Waals surface area contributed by atoms with E-state index in [1.807, 2.05) is 0 Å². The number of sulfonamides is 1. The van der Waals surface area contributed by atoms with Crippen LogP contribution in [0.4, 0.5) is 11.4 Å². The molecule has 4 nitrogen and oxygen atoms in total. The molecule has 2 rings (SSSR count). The van der Waals surface area contributed by atoms with Crippen molar-refractivity contribution >= 4 is 64.9 Å². The zero-order valence-electron chi connectivity index (χ0n) is 9.90. The first-order valence-electron chi connectivity index (χ1n) is 5.32. The van der Waals surface area contributed by atoms with Crippen molar-refractivity contribution in [2.24, 2.45) is 0 Å². The summed E-state index contributed by atoms with van der Waals surface area (Å²) >= 11 is 12.4. The molecule has 0 radical (unpaired) electrons. The highest BCUT2D eigenvalue weighted by molar-refractivity contribution is 9.10. The maximum Gasteiger partial charge on any atom is 0.263 e. The first-order valence-corrected chi connectivity index (χ1v) is 8.77. The van der Waals surface area contributed by atoms with Gasteiger partial charge in [-0.25, -0.2) is 8.42 Å². The molecule has 0 saturated heterocycles. The summed E-state index contributed by atoms with van der Waals surface area (Å²) < 4.78 is 28.3. The molecule has 0 aliphatic rings. The SMILES string of the molecule is Nc1ccc(NS(=O)(=O)c2ccc(Br)cc2Cl)cc1Br. The molecular formula is C12H9Br2ClN2O2S. The molecule has 0 atom stereocenters. The Morgan fingerprint density at radius 1 is 1.10 bits per heavy atom. The van der Waals surface area contributed by atoms with Crippen molar-refractivity contribution in [3.05, 3.63) is 50.4 Å². The average molecular weight is 441 g/mol. The Kier molecular flexibility index (Phi) is 4.63. The maximum absolute atomic E-state index is 12.3. The molecule has 0 aromatic heterocycles. The van der Waals surface area contributed by atoms with Crippen molar-refractivity contribution in [1.29, 1.82) is 0 Å². The predicted molar refractivity (Wildman–Crippen MR) is 88.5 cm³/mol. The van der Waals surface area contributed by atoms with Gasteiger partial charge in [-0.3, -0.25) is 4.72 Å². The lowest BCUT2D eigenvalue weighted by Crippen LogP contribution is -2.13. The number of hydrogen-bond donors (Lipinski definition) is 2. The van der Waals surface area contributed by atoms with Gasteiger partial charge in [0.15, 0.2) is 0 Å². The van der Waals surface area contributed by atoms with Crippen LogP contribution in [0.5, 0.6) is 0 Å². The minimum Gasteiger partial charge on any atom is -0.398 e. The third-order valence-corrected chi connectivity index (χ3v) is 5.48. The molecule has 0 saturated carbocycles. The van der Waals surface area contributed by atoms with Crippen LogP contribution in [0.15, 0.2) is 50.2 Å². The van der Waals surface area contributed by atoms with Gasteiger partial charge in [0.05, 0.1) is 10.7 Å².